The zero-order valence-corrected chi connectivity index (χ0v) is 13.9. The van der Waals surface area contributed by atoms with E-state index in [0.29, 0.717) is 25.2 Å². The van der Waals surface area contributed by atoms with Gasteiger partial charge in [-0.05, 0) is 43.2 Å². The standard InChI is InChI=1S/C18H19N5O2/c1-12-8-10-19-16(11-12)23-18(25)17(24)20-9-4-7-15-21-13-5-2-3-6-14(13)22-15/h2-3,5-6,8,10-11H,4,7,9H2,1H3,(H,20,24)(H,21,22)(H,19,23,25). The van der Waals surface area contributed by atoms with Gasteiger partial charge in [-0.2, -0.15) is 0 Å². The summed E-state index contributed by atoms with van der Waals surface area (Å²) in [6.45, 7) is 2.28. The zero-order chi connectivity index (χ0) is 17.6. The van der Waals surface area contributed by atoms with E-state index in [0.717, 1.165) is 22.4 Å². The van der Waals surface area contributed by atoms with Crippen molar-refractivity contribution < 1.29 is 9.59 Å². The number of benzene rings is 1. The van der Waals surface area contributed by atoms with Crippen LogP contribution in [0.1, 0.15) is 17.8 Å². The van der Waals surface area contributed by atoms with Gasteiger partial charge in [-0.1, -0.05) is 12.1 Å². The number of rotatable bonds is 5. The lowest BCUT2D eigenvalue weighted by molar-refractivity contribution is -0.136. The first-order valence-corrected chi connectivity index (χ1v) is 8.07. The first-order chi connectivity index (χ1) is 12.1. The summed E-state index contributed by atoms with van der Waals surface area (Å²) < 4.78 is 0. The number of para-hydroxylation sites is 2. The Hall–Kier alpha value is -3.22. The summed E-state index contributed by atoms with van der Waals surface area (Å²) in [5.74, 6) is -0.166. The minimum Gasteiger partial charge on any atom is -0.348 e. The van der Waals surface area contributed by atoms with Crippen LogP contribution in [0.5, 0.6) is 0 Å². The van der Waals surface area contributed by atoms with Crippen LogP contribution in [0.2, 0.25) is 0 Å². The van der Waals surface area contributed by atoms with Crippen LogP contribution in [0.15, 0.2) is 42.6 Å². The second kappa shape index (κ2) is 7.57. The van der Waals surface area contributed by atoms with E-state index < -0.39 is 11.8 Å². The summed E-state index contributed by atoms with van der Waals surface area (Å²) in [4.78, 5) is 35.3. The first-order valence-electron chi connectivity index (χ1n) is 8.07. The number of carbonyl (C=O) groups is 2. The van der Waals surface area contributed by atoms with Gasteiger partial charge in [-0.15, -0.1) is 0 Å². The number of amides is 2. The number of hydrogen-bond acceptors (Lipinski definition) is 4. The predicted molar refractivity (Wildman–Crippen MR) is 95.0 cm³/mol. The highest BCUT2D eigenvalue weighted by Gasteiger charge is 2.13. The lowest BCUT2D eigenvalue weighted by atomic mass is 10.3. The van der Waals surface area contributed by atoms with E-state index in [1.54, 1.807) is 12.3 Å². The molecule has 25 heavy (non-hydrogen) atoms. The Morgan fingerprint density at radius 3 is 2.80 bits per heavy atom. The fourth-order valence-electron chi connectivity index (χ4n) is 2.44. The lowest BCUT2D eigenvalue weighted by Gasteiger charge is -2.06. The van der Waals surface area contributed by atoms with Crippen LogP contribution in [0, 0.1) is 6.92 Å². The predicted octanol–water partition coefficient (Wildman–Crippen LogP) is 1.95. The molecule has 2 aromatic heterocycles. The Morgan fingerprint density at radius 1 is 1.16 bits per heavy atom. The second-order valence-electron chi connectivity index (χ2n) is 5.73. The van der Waals surface area contributed by atoms with E-state index in [4.69, 9.17) is 0 Å². The number of hydrogen-bond donors (Lipinski definition) is 3. The lowest BCUT2D eigenvalue weighted by Crippen LogP contribution is -2.36. The Balaban J connectivity index is 1.43. The van der Waals surface area contributed by atoms with E-state index in [2.05, 4.69) is 25.6 Å². The van der Waals surface area contributed by atoms with Crippen molar-refractivity contribution in [2.24, 2.45) is 0 Å². The molecule has 1 aromatic carbocycles. The van der Waals surface area contributed by atoms with Crippen LogP contribution >= 0.6 is 0 Å². The Bertz CT molecular complexity index is 870. The molecule has 3 rings (SSSR count). The van der Waals surface area contributed by atoms with Crippen LogP contribution < -0.4 is 10.6 Å². The van der Waals surface area contributed by atoms with E-state index >= 15 is 0 Å². The molecule has 3 aromatic rings. The van der Waals surface area contributed by atoms with Gasteiger partial charge in [-0.25, -0.2) is 9.97 Å². The summed E-state index contributed by atoms with van der Waals surface area (Å²) in [7, 11) is 0. The summed E-state index contributed by atoms with van der Waals surface area (Å²) >= 11 is 0. The number of nitrogens with zero attached hydrogens (tertiary/aromatic N) is 2. The first kappa shape index (κ1) is 16.6. The third kappa shape index (κ3) is 4.41. The molecular weight excluding hydrogens is 318 g/mol. The van der Waals surface area contributed by atoms with Gasteiger partial charge in [0.05, 0.1) is 11.0 Å². The van der Waals surface area contributed by atoms with Gasteiger partial charge in [0.2, 0.25) is 0 Å². The molecule has 0 atom stereocenters. The molecule has 128 valence electrons. The molecule has 7 nitrogen and oxygen atoms in total. The van der Waals surface area contributed by atoms with Crippen molar-refractivity contribution in [3.8, 4) is 0 Å². The average molecular weight is 337 g/mol. The van der Waals surface area contributed by atoms with Gasteiger partial charge < -0.3 is 15.6 Å². The molecular formula is C18H19N5O2. The van der Waals surface area contributed by atoms with Crippen molar-refractivity contribution in [1.29, 1.82) is 0 Å². The molecule has 2 heterocycles. The fourth-order valence-corrected chi connectivity index (χ4v) is 2.44. The molecule has 2 amide bonds. The van der Waals surface area contributed by atoms with Crippen molar-refractivity contribution in [1.82, 2.24) is 20.3 Å². The van der Waals surface area contributed by atoms with Gasteiger partial charge in [-0.3, -0.25) is 9.59 Å². The second-order valence-corrected chi connectivity index (χ2v) is 5.73. The zero-order valence-electron chi connectivity index (χ0n) is 13.9. The van der Waals surface area contributed by atoms with Crippen molar-refractivity contribution in [3.63, 3.8) is 0 Å². The van der Waals surface area contributed by atoms with Gasteiger partial charge in [0.15, 0.2) is 0 Å². The minimum atomic E-state index is -0.721. The van der Waals surface area contributed by atoms with Crippen LogP contribution in [-0.2, 0) is 16.0 Å². The summed E-state index contributed by atoms with van der Waals surface area (Å²) in [6.07, 6.45) is 2.95. The number of carbonyl (C=O) groups excluding carboxylic acids is 2. The quantitative estimate of drug-likeness (QED) is 0.489. The molecule has 0 saturated heterocycles. The number of aromatic amines is 1. The van der Waals surface area contributed by atoms with E-state index in [9.17, 15) is 9.59 Å². The van der Waals surface area contributed by atoms with Gasteiger partial charge in [0, 0.05) is 19.2 Å². The molecule has 0 spiro atoms. The van der Waals surface area contributed by atoms with Gasteiger partial charge in [0.25, 0.3) is 0 Å². The Labute approximate surface area is 144 Å². The number of anilines is 1. The number of aryl methyl sites for hydroxylation is 2. The normalized spacial score (nSPS) is 10.6. The van der Waals surface area contributed by atoms with Crippen LogP contribution in [0.3, 0.4) is 0 Å². The highest BCUT2D eigenvalue weighted by molar-refractivity contribution is 6.39. The molecule has 0 aliphatic heterocycles. The number of imidazole rings is 1. The molecule has 0 radical (unpaired) electrons. The fraction of sp³-hybridized carbons (Fsp3) is 0.222. The largest absolute Gasteiger partial charge is 0.348 e. The smallest absolute Gasteiger partial charge is 0.314 e. The molecule has 0 aliphatic rings. The van der Waals surface area contributed by atoms with E-state index in [-0.39, 0.29) is 0 Å². The Morgan fingerprint density at radius 2 is 2.00 bits per heavy atom. The van der Waals surface area contributed by atoms with Crippen LogP contribution in [0.4, 0.5) is 5.82 Å². The van der Waals surface area contributed by atoms with Crippen molar-refractivity contribution in [2.75, 3.05) is 11.9 Å². The number of aromatic nitrogens is 3. The van der Waals surface area contributed by atoms with Crippen molar-refractivity contribution >= 4 is 28.7 Å². The molecule has 0 unspecified atom stereocenters. The molecule has 7 heteroatoms. The maximum absolute atomic E-state index is 11.8. The molecule has 0 fully saturated rings. The van der Waals surface area contributed by atoms with Crippen molar-refractivity contribution in [2.45, 2.75) is 19.8 Å². The highest BCUT2D eigenvalue weighted by Crippen LogP contribution is 2.11. The monoisotopic (exact) mass is 337 g/mol. The SMILES string of the molecule is Cc1ccnc(NC(=O)C(=O)NCCCc2nc3ccccc3[nH]2)c1. The Kier molecular flexibility index (Phi) is 5.03. The summed E-state index contributed by atoms with van der Waals surface area (Å²) in [5, 5.41) is 5.08. The average Bonchev–Trinajstić information content (AvgIpc) is 3.01. The summed E-state index contributed by atoms with van der Waals surface area (Å²) in [5.41, 5.74) is 2.87. The minimum absolute atomic E-state index is 0.363. The van der Waals surface area contributed by atoms with E-state index in [1.807, 2.05) is 37.3 Å². The number of H-pyrrole nitrogens is 1. The topological polar surface area (TPSA) is 99.8 Å². The summed E-state index contributed by atoms with van der Waals surface area (Å²) in [6, 6.07) is 11.3. The highest BCUT2D eigenvalue weighted by atomic mass is 16.2. The molecule has 3 N–H and O–H groups in total. The van der Waals surface area contributed by atoms with Crippen molar-refractivity contribution in [3.05, 3.63) is 54.0 Å². The number of pyridine rings is 1. The molecule has 0 bridgehead atoms. The molecule has 0 aliphatic carbocycles. The third-order valence-electron chi connectivity index (χ3n) is 3.68. The number of nitrogens with one attached hydrogen (secondary N) is 3. The van der Waals surface area contributed by atoms with E-state index in [1.165, 1.54) is 0 Å². The molecule has 0 saturated carbocycles. The van der Waals surface area contributed by atoms with Crippen LogP contribution in [-0.4, -0.2) is 33.3 Å². The maximum atomic E-state index is 11.8. The van der Waals surface area contributed by atoms with Gasteiger partial charge >= 0.3 is 11.8 Å². The van der Waals surface area contributed by atoms with Gasteiger partial charge in [0.1, 0.15) is 11.6 Å². The van der Waals surface area contributed by atoms with Crippen LogP contribution in [0.25, 0.3) is 11.0 Å². The third-order valence-corrected chi connectivity index (χ3v) is 3.68. The number of fused-ring (bicyclic) bond motifs is 1. The maximum Gasteiger partial charge on any atom is 0.314 e.